The number of methoxy groups -OCH3 is 1. The topological polar surface area (TPSA) is 68.1 Å². The molecule has 0 radical (unpaired) electrons. The maximum absolute atomic E-state index is 11.0. The van der Waals surface area contributed by atoms with Crippen LogP contribution in [0, 0.1) is 0 Å². The van der Waals surface area contributed by atoms with E-state index in [0.29, 0.717) is 11.3 Å². The van der Waals surface area contributed by atoms with Crippen LogP contribution in [0.5, 0.6) is 5.75 Å². The average Bonchev–Trinajstić information content (AvgIpc) is 2.04. The van der Waals surface area contributed by atoms with Crippen LogP contribution < -0.4 is 16.0 Å². The van der Waals surface area contributed by atoms with Gasteiger partial charge in [-0.05, 0) is 6.07 Å². The molecular weight excluding hydrogens is 180 g/mol. The molecule has 0 aliphatic heterocycles. The third-order valence-corrected chi connectivity index (χ3v) is 1.44. The third kappa shape index (κ3) is 1.99. The summed E-state index contributed by atoms with van der Waals surface area (Å²) in [6, 6.07) is 1.67. The van der Waals surface area contributed by atoms with E-state index in [9.17, 15) is 4.79 Å². The molecule has 0 spiro atoms. The largest absolute Gasteiger partial charge is 0.496 e. The number of hydrogen-bond donors (Lipinski definition) is 2. The van der Waals surface area contributed by atoms with Gasteiger partial charge in [0, 0.05) is 12.7 Å². The highest BCUT2D eigenvalue weighted by Gasteiger charge is 2.03. The summed E-state index contributed by atoms with van der Waals surface area (Å²) in [4.78, 5) is 13.5. The van der Waals surface area contributed by atoms with E-state index in [1.165, 1.54) is 13.3 Å². The maximum atomic E-state index is 11.0. The van der Waals surface area contributed by atoms with Gasteiger partial charge in [0.2, 0.25) is 0 Å². The standard InChI is InChI=1S/C7H10N2O2.ClH/c1-11-6-2-3-9-7(10)5(6)4-8;/h2-3H,4,8H2,1H3,(H,9,10);1H. The van der Waals surface area contributed by atoms with E-state index >= 15 is 0 Å². The van der Waals surface area contributed by atoms with Gasteiger partial charge in [-0.25, -0.2) is 0 Å². The van der Waals surface area contributed by atoms with Crippen LogP contribution in [0.25, 0.3) is 0 Å². The molecule has 0 atom stereocenters. The minimum absolute atomic E-state index is 0. The fourth-order valence-corrected chi connectivity index (χ4v) is 0.877. The molecule has 1 aromatic rings. The van der Waals surface area contributed by atoms with Crippen LogP contribution in [0.2, 0.25) is 0 Å². The lowest BCUT2D eigenvalue weighted by Gasteiger charge is -2.02. The minimum Gasteiger partial charge on any atom is -0.496 e. The normalized spacial score (nSPS) is 8.83. The number of ether oxygens (including phenoxy) is 1. The first kappa shape index (κ1) is 11.0. The average molecular weight is 191 g/mol. The molecule has 68 valence electrons. The number of nitrogens with two attached hydrogens (primary N) is 1. The summed E-state index contributed by atoms with van der Waals surface area (Å²) in [5.74, 6) is 0.538. The summed E-state index contributed by atoms with van der Waals surface area (Å²) in [5.41, 5.74) is 5.62. The van der Waals surface area contributed by atoms with E-state index in [0.717, 1.165) is 0 Å². The molecule has 12 heavy (non-hydrogen) atoms. The van der Waals surface area contributed by atoms with E-state index < -0.39 is 0 Å². The zero-order valence-electron chi connectivity index (χ0n) is 6.66. The summed E-state index contributed by atoms with van der Waals surface area (Å²) in [6.45, 7) is 0.194. The van der Waals surface area contributed by atoms with Gasteiger partial charge >= 0.3 is 0 Å². The second-order valence-electron chi connectivity index (χ2n) is 2.06. The Morgan fingerprint density at radius 2 is 2.33 bits per heavy atom. The predicted molar refractivity (Wildman–Crippen MR) is 48.8 cm³/mol. The number of pyridine rings is 1. The lowest BCUT2D eigenvalue weighted by molar-refractivity contribution is 0.408. The van der Waals surface area contributed by atoms with E-state index in [2.05, 4.69) is 4.98 Å². The quantitative estimate of drug-likeness (QED) is 0.703. The monoisotopic (exact) mass is 190 g/mol. The van der Waals surface area contributed by atoms with Crippen LogP contribution in [0.3, 0.4) is 0 Å². The summed E-state index contributed by atoms with van der Waals surface area (Å²) in [6.07, 6.45) is 1.53. The number of nitrogens with one attached hydrogen (secondary N) is 1. The Labute approximate surface area is 76.1 Å². The van der Waals surface area contributed by atoms with Crippen LogP contribution in [0.4, 0.5) is 0 Å². The highest BCUT2D eigenvalue weighted by molar-refractivity contribution is 5.85. The molecule has 0 unspecified atom stereocenters. The van der Waals surface area contributed by atoms with Crippen molar-refractivity contribution in [3.8, 4) is 5.75 Å². The van der Waals surface area contributed by atoms with E-state index in [4.69, 9.17) is 10.5 Å². The smallest absolute Gasteiger partial charge is 0.256 e. The van der Waals surface area contributed by atoms with Crippen molar-refractivity contribution in [1.82, 2.24) is 4.98 Å². The van der Waals surface area contributed by atoms with Crippen molar-refractivity contribution in [1.29, 1.82) is 0 Å². The Hall–Kier alpha value is -1.00. The van der Waals surface area contributed by atoms with Gasteiger partial charge in [-0.15, -0.1) is 12.4 Å². The molecule has 5 heteroatoms. The number of H-pyrrole nitrogens is 1. The van der Waals surface area contributed by atoms with Gasteiger partial charge in [0.15, 0.2) is 0 Å². The lowest BCUT2D eigenvalue weighted by atomic mass is 10.2. The van der Waals surface area contributed by atoms with E-state index in [-0.39, 0.29) is 24.5 Å². The highest BCUT2D eigenvalue weighted by atomic mass is 35.5. The van der Waals surface area contributed by atoms with E-state index in [1.54, 1.807) is 6.07 Å². The van der Waals surface area contributed by atoms with Crippen LogP contribution in [-0.4, -0.2) is 12.1 Å². The van der Waals surface area contributed by atoms with Gasteiger partial charge in [-0.1, -0.05) is 0 Å². The molecule has 0 amide bonds. The van der Waals surface area contributed by atoms with Crippen LogP contribution in [0.1, 0.15) is 5.56 Å². The Morgan fingerprint density at radius 3 is 2.75 bits per heavy atom. The molecular formula is C7H11ClN2O2. The van der Waals surface area contributed by atoms with Crippen LogP contribution >= 0.6 is 12.4 Å². The molecule has 4 nitrogen and oxygen atoms in total. The van der Waals surface area contributed by atoms with Crippen molar-refractivity contribution in [2.75, 3.05) is 7.11 Å². The first-order chi connectivity index (χ1) is 5.29. The zero-order chi connectivity index (χ0) is 8.27. The zero-order valence-corrected chi connectivity index (χ0v) is 7.48. The first-order valence-electron chi connectivity index (χ1n) is 3.24. The van der Waals surface area contributed by atoms with Crippen molar-refractivity contribution in [2.24, 2.45) is 5.73 Å². The van der Waals surface area contributed by atoms with Crippen molar-refractivity contribution < 1.29 is 4.74 Å². The molecule has 0 fully saturated rings. The predicted octanol–water partition coefficient (Wildman–Crippen LogP) is 0.264. The van der Waals surface area contributed by atoms with Gasteiger partial charge in [0.1, 0.15) is 5.75 Å². The maximum Gasteiger partial charge on any atom is 0.256 e. The van der Waals surface area contributed by atoms with Crippen molar-refractivity contribution in [3.05, 3.63) is 28.2 Å². The molecule has 0 aromatic carbocycles. The van der Waals surface area contributed by atoms with Crippen molar-refractivity contribution in [3.63, 3.8) is 0 Å². The second kappa shape index (κ2) is 4.79. The first-order valence-corrected chi connectivity index (χ1v) is 3.24. The van der Waals surface area contributed by atoms with Crippen molar-refractivity contribution >= 4 is 12.4 Å². The molecule has 1 rings (SSSR count). The Balaban J connectivity index is 0.00000121. The van der Waals surface area contributed by atoms with Gasteiger partial charge in [-0.2, -0.15) is 0 Å². The number of halogens is 1. The Morgan fingerprint density at radius 1 is 1.67 bits per heavy atom. The molecule has 0 bridgehead atoms. The van der Waals surface area contributed by atoms with Gasteiger partial charge < -0.3 is 15.5 Å². The summed E-state index contributed by atoms with van der Waals surface area (Å²) < 4.78 is 4.92. The number of aromatic nitrogens is 1. The van der Waals surface area contributed by atoms with Gasteiger partial charge in [0.25, 0.3) is 5.56 Å². The summed E-state index contributed by atoms with van der Waals surface area (Å²) in [5, 5.41) is 0. The van der Waals surface area contributed by atoms with Gasteiger partial charge in [-0.3, -0.25) is 4.79 Å². The SMILES string of the molecule is COc1cc[nH]c(=O)c1CN.Cl. The molecule has 0 saturated heterocycles. The summed E-state index contributed by atoms with van der Waals surface area (Å²) in [7, 11) is 1.51. The Kier molecular flexibility index (Phi) is 4.39. The number of hydrogen-bond acceptors (Lipinski definition) is 3. The summed E-state index contributed by atoms with van der Waals surface area (Å²) >= 11 is 0. The van der Waals surface area contributed by atoms with Crippen molar-refractivity contribution in [2.45, 2.75) is 6.54 Å². The molecule has 0 aliphatic rings. The van der Waals surface area contributed by atoms with Crippen LogP contribution in [-0.2, 0) is 6.54 Å². The third-order valence-electron chi connectivity index (χ3n) is 1.44. The van der Waals surface area contributed by atoms with E-state index in [1.807, 2.05) is 0 Å². The fourth-order valence-electron chi connectivity index (χ4n) is 0.877. The molecule has 0 aliphatic carbocycles. The highest BCUT2D eigenvalue weighted by Crippen LogP contribution is 2.10. The lowest BCUT2D eigenvalue weighted by Crippen LogP contribution is -2.16. The minimum atomic E-state index is -0.188. The number of aromatic amines is 1. The molecule has 3 N–H and O–H groups in total. The second-order valence-corrected chi connectivity index (χ2v) is 2.06. The molecule has 0 saturated carbocycles. The number of rotatable bonds is 2. The molecule has 1 aromatic heterocycles. The molecule has 1 heterocycles. The van der Waals surface area contributed by atoms with Gasteiger partial charge in [0.05, 0.1) is 12.7 Å². The van der Waals surface area contributed by atoms with Crippen LogP contribution in [0.15, 0.2) is 17.1 Å². The fraction of sp³-hybridized carbons (Fsp3) is 0.286. The Bertz CT molecular complexity index is 298.